The van der Waals surface area contributed by atoms with Crippen LogP contribution >= 0.6 is 28.1 Å². The molecule has 0 amide bonds. The van der Waals surface area contributed by atoms with Crippen molar-refractivity contribution in [2.24, 2.45) is 5.41 Å². The van der Waals surface area contributed by atoms with E-state index in [2.05, 4.69) is 57.5 Å². The molecule has 1 aromatic heterocycles. The molecule has 0 bridgehead atoms. The average molecular weight is 325 g/mol. The molecule has 1 fully saturated rings. The van der Waals surface area contributed by atoms with Crippen LogP contribution in [-0.4, -0.2) is 9.55 Å². The maximum Gasteiger partial charge on any atom is 0.178 e. The van der Waals surface area contributed by atoms with Crippen molar-refractivity contribution in [3.63, 3.8) is 0 Å². The lowest BCUT2D eigenvalue weighted by Crippen LogP contribution is -2.09. The summed E-state index contributed by atoms with van der Waals surface area (Å²) in [5, 5.41) is 0. The van der Waals surface area contributed by atoms with E-state index in [1.54, 1.807) is 0 Å². The number of fused-ring (bicyclic) bond motifs is 1. The largest absolute Gasteiger partial charge is 0.331 e. The Morgan fingerprint density at radius 3 is 2.89 bits per heavy atom. The van der Waals surface area contributed by atoms with Crippen molar-refractivity contribution in [1.82, 2.24) is 9.55 Å². The molecule has 2 aromatic rings. The number of rotatable bonds is 1. The Morgan fingerprint density at radius 1 is 1.44 bits per heavy atom. The van der Waals surface area contributed by atoms with E-state index in [-0.39, 0.29) is 0 Å². The molecule has 0 radical (unpaired) electrons. The number of aromatic nitrogens is 2. The van der Waals surface area contributed by atoms with Crippen LogP contribution < -0.4 is 0 Å². The third-order valence-electron chi connectivity index (χ3n) is 3.99. The highest BCUT2D eigenvalue weighted by molar-refractivity contribution is 9.10. The lowest BCUT2D eigenvalue weighted by molar-refractivity contribution is 0.360. The third-order valence-corrected chi connectivity index (χ3v) is 4.78. The highest BCUT2D eigenvalue weighted by Crippen LogP contribution is 2.44. The van der Waals surface area contributed by atoms with Crippen LogP contribution in [0, 0.1) is 10.2 Å². The van der Waals surface area contributed by atoms with Crippen LogP contribution in [0.2, 0.25) is 0 Å². The molecule has 1 aromatic carbocycles. The first-order valence-corrected chi connectivity index (χ1v) is 7.56. The Balaban J connectivity index is 2.14. The molecule has 1 atom stereocenters. The molecule has 2 nitrogen and oxygen atoms in total. The number of benzene rings is 1. The zero-order chi connectivity index (χ0) is 12.9. The Labute approximate surface area is 121 Å². The maximum absolute atomic E-state index is 5.50. The number of hydrogen-bond acceptors (Lipinski definition) is 1. The number of H-pyrrole nitrogens is 1. The normalized spacial score (nSPS) is 22.7. The molecule has 3 rings (SSSR count). The molecule has 0 saturated heterocycles. The van der Waals surface area contributed by atoms with Gasteiger partial charge in [0, 0.05) is 10.5 Å². The smallest absolute Gasteiger partial charge is 0.178 e. The molecule has 1 aliphatic rings. The van der Waals surface area contributed by atoms with Gasteiger partial charge in [0.05, 0.1) is 11.0 Å². The molecule has 1 heterocycles. The first-order valence-electron chi connectivity index (χ1n) is 6.36. The topological polar surface area (TPSA) is 20.7 Å². The second-order valence-electron chi connectivity index (χ2n) is 6.02. The highest BCUT2D eigenvalue weighted by atomic mass is 79.9. The fourth-order valence-corrected chi connectivity index (χ4v) is 3.78. The van der Waals surface area contributed by atoms with Gasteiger partial charge in [0.15, 0.2) is 4.77 Å². The number of imidazole rings is 1. The van der Waals surface area contributed by atoms with E-state index < -0.39 is 0 Å². The zero-order valence-electron chi connectivity index (χ0n) is 10.7. The standard InChI is InChI=1S/C14H17BrN2S/c1-14(2)6-5-10(8-14)17-12-7-9(15)3-4-11(12)16-13(17)18/h3-4,7,10H,5-6,8H2,1-2H3,(H,16,18). The van der Waals surface area contributed by atoms with Gasteiger partial charge in [-0.3, -0.25) is 0 Å². The number of nitrogens with zero attached hydrogens (tertiary/aromatic N) is 1. The first-order chi connectivity index (χ1) is 8.46. The third kappa shape index (κ3) is 2.05. The Hall–Kier alpha value is -0.610. The quantitative estimate of drug-likeness (QED) is 0.714. The molecule has 1 unspecified atom stereocenters. The average Bonchev–Trinajstić information content (AvgIpc) is 2.77. The Morgan fingerprint density at radius 2 is 2.22 bits per heavy atom. The van der Waals surface area contributed by atoms with Crippen molar-refractivity contribution in [3.8, 4) is 0 Å². The zero-order valence-corrected chi connectivity index (χ0v) is 13.1. The van der Waals surface area contributed by atoms with Gasteiger partial charge in [0.25, 0.3) is 0 Å². The van der Waals surface area contributed by atoms with E-state index in [1.165, 1.54) is 24.8 Å². The van der Waals surface area contributed by atoms with Gasteiger partial charge in [0.1, 0.15) is 0 Å². The van der Waals surface area contributed by atoms with Gasteiger partial charge in [-0.15, -0.1) is 0 Å². The first kappa shape index (κ1) is 12.4. The lowest BCUT2D eigenvalue weighted by atomic mass is 9.92. The number of hydrogen-bond donors (Lipinski definition) is 1. The van der Waals surface area contributed by atoms with Crippen LogP contribution in [0.3, 0.4) is 0 Å². The summed E-state index contributed by atoms with van der Waals surface area (Å²) in [6.07, 6.45) is 3.71. The molecule has 1 N–H and O–H groups in total. The fraction of sp³-hybridized carbons (Fsp3) is 0.500. The molecular weight excluding hydrogens is 308 g/mol. The van der Waals surface area contributed by atoms with Gasteiger partial charge >= 0.3 is 0 Å². The van der Waals surface area contributed by atoms with Crippen LogP contribution in [0.1, 0.15) is 39.2 Å². The molecule has 0 aliphatic heterocycles. The van der Waals surface area contributed by atoms with E-state index in [9.17, 15) is 0 Å². The maximum atomic E-state index is 5.50. The van der Waals surface area contributed by atoms with E-state index >= 15 is 0 Å². The summed E-state index contributed by atoms with van der Waals surface area (Å²) in [6.45, 7) is 4.70. The Bertz CT molecular complexity index is 653. The van der Waals surface area contributed by atoms with Gasteiger partial charge in [-0.05, 0) is 55.1 Å². The summed E-state index contributed by atoms with van der Waals surface area (Å²) in [5.74, 6) is 0. The Kier molecular flexibility index (Phi) is 2.90. The van der Waals surface area contributed by atoms with Crippen LogP contribution in [0.25, 0.3) is 11.0 Å². The minimum Gasteiger partial charge on any atom is -0.331 e. The summed E-state index contributed by atoms with van der Waals surface area (Å²) in [4.78, 5) is 3.32. The summed E-state index contributed by atoms with van der Waals surface area (Å²) in [6, 6.07) is 6.84. The fourth-order valence-electron chi connectivity index (χ4n) is 3.08. The summed E-state index contributed by atoms with van der Waals surface area (Å²) >= 11 is 9.05. The second-order valence-corrected chi connectivity index (χ2v) is 7.32. The minimum atomic E-state index is 0.440. The summed E-state index contributed by atoms with van der Waals surface area (Å²) in [5.41, 5.74) is 2.79. The van der Waals surface area contributed by atoms with Gasteiger partial charge in [-0.1, -0.05) is 29.8 Å². The SMILES string of the molecule is CC1(C)CCC(n2c(=S)[nH]c3ccc(Br)cc32)C1. The van der Waals surface area contributed by atoms with Crippen molar-refractivity contribution in [2.75, 3.05) is 0 Å². The van der Waals surface area contributed by atoms with Crippen molar-refractivity contribution < 1.29 is 0 Å². The van der Waals surface area contributed by atoms with E-state index in [0.717, 1.165) is 14.8 Å². The molecule has 1 saturated carbocycles. The van der Waals surface area contributed by atoms with Crippen LogP contribution in [0.15, 0.2) is 22.7 Å². The van der Waals surface area contributed by atoms with Gasteiger partial charge in [0.2, 0.25) is 0 Å². The second kappa shape index (κ2) is 4.20. The van der Waals surface area contributed by atoms with Gasteiger partial charge in [-0.2, -0.15) is 0 Å². The van der Waals surface area contributed by atoms with Crippen molar-refractivity contribution in [2.45, 2.75) is 39.2 Å². The summed E-state index contributed by atoms with van der Waals surface area (Å²) < 4.78 is 4.27. The van der Waals surface area contributed by atoms with Crippen LogP contribution in [-0.2, 0) is 0 Å². The molecule has 18 heavy (non-hydrogen) atoms. The van der Waals surface area contributed by atoms with E-state index in [0.29, 0.717) is 11.5 Å². The molecule has 1 aliphatic carbocycles. The van der Waals surface area contributed by atoms with Gasteiger partial charge in [-0.25, -0.2) is 0 Å². The number of aromatic amines is 1. The lowest BCUT2D eigenvalue weighted by Gasteiger charge is -2.18. The van der Waals surface area contributed by atoms with Crippen molar-refractivity contribution in [1.29, 1.82) is 0 Å². The monoisotopic (exact) mass is 324 g/mol. The van der Waals surface area contributed by atoms with Crippen molar-refractivity contribution in [3.05, 3.63) is 27.4 Å². The summed E-state index contributed by atoms with van der Waals surface area (Å²) in [7, 11) is 0. The predicted molar refractivity (Wildman–Crippen MR) is 81.5 cm³/mol. The van der Waals surface area contributed by atoms with E-state index in [1.807, 2.05) is 0 Å². The van der Waals surface area contributed by atoms with Crippen LogP contribution in [0.4, 0.5) is 0 Å². The number of halogens is 1. The molecular formula is C14H17BrN2S. The van der Waals surface area contributed by atoms with Crippen LogP contribution in [0.5, 0.6) is 0 Å². The molecule has 0 spiro atoms. The van der Waals surface area contributed by atoms with Crippen molar-refractivity contribution >= 4 is 39.2 Å². The van der Waals surface area contributed by atoms with E-state index in [4.69, 9.17) is 12.2 Å². The highest BCUT2D eigenvalue weighted by Gasteiger charge is 2.32. The molecule has 96 valence electrons. The molecule has 4 heteroatoms. The predicted octanol–water partition coefficient (Wildman–Crippen LogP) is 5.21. The van der Waals surface area contributed by atoms with Gasteiger partial charge < -0.3 is 9.55 Å². The minimum absolute atomic E-state index is 0.440. The number of nitrogens with one attached hydrogen (secondary N) is 1.